The van der Waals surface area contributed by atoms with Crippen molar-refractivity contribution in [3.8, 4) is 0 Å². The maximum absolute atomic E-state index is 13.2. The molecule has 0 bridgehead atoms. The molecule has 2 aliphatic heterocycles. The molecule has 1 aromatic carbocycles. The van der Waals surface area contributed by atoms with Gasteiger partial charge in [0.2, 0.25) is 0 Å². The standard InChI is InChI=1S/C25H33N7O7/c1-6-38-24(35)31-20-15-30(23(34)39-25(2,3)4)14-17(20)21(27-31)26-22(33)16-7-8-18(19(13-16)32(36)37)29-11-9-28(5)10-12-29/h7-8,13H,6,9-12,14-15H2,1-5H3,(H,26,27,33). The van der Waals surface area contributed by atoms with E-state index >= 15 is 0 Å². The van der Waals surface area contributed by atoms with Crippen LogP contribution in [0, 0.1) is 10.1 Å². The maximum Gasteiger partial charge on any atom is 0.435 e. The summed E-state index contributed by atoms with van der Waals surface area (Å²) in [7, 11) is 1.99. The number of rotatable bonds is 5. The number of nitrogens with one attached hydrogen (secondary N) is 1. The second-order valence-electron chi connectivity index (χ2n) is 10.4. The zero-order valence-corrected chi connectivity index (χ0v) is 22.7. The molecule has 14 nitrogen and oxygen atoms in total. The Bertz CT molecular complexity index is 1290. The van der Waals surface area contributed by atoms with Gasteiger partial charge in [0.15, 0.2) is 5.82 Å². The Morgan fingerprint density at radius 1 is 1.10 bits per heavy atom. The van der Waals surface area contributed by atoms with E-state index in [1.54, 1.807) is 33.8 Å². The Labute approximate surface area is 225 Å². The third kappa shape index (κ3) is 6.11. The number of likely N-dealkylation sites (N-methyl/N-ethyl adjacent to an activating group) is 1. The van der Waals surface area contributed by atoms with E-state index in [0.29, 0.717) is 30.0 Å². The van der Waals surface area contributed by atoms with Crippen LogP contribution in [0.15, 0.2) is 18.2 Å². The first-order valence-corrected chi connectivity index (χ1v) is 12.7. The lowest BCUT2D eigenvalue weighted by molar-refractivity contribution is -0.384. The Morgan fingerprint density at radius 2 is 1.79 bits per heavy atom. The fourth-order valence-electron chi connectivity index (χ4n) is 4.44. The first-order valence-electron chi connectivity index (χ1n) is 12.7. The highest BCUT2D eigenvalue weighted by atomic mass is 16.6. The molecule has 0 aliphatic carbocycles. The van der Waals surface area contributed by atoms with E-state index in [9.17, 15) is 24.5 Å². The summed E-state index contributed by atoms with van der Waals surface area (Å²) in [5.41, 5.74) is 0.440. The van der Waals surface area contributed by atoms with Crippen molar-refractivity contribution in [1.82, 2.24) is 19.6 Å². The number of aromatic nitrogens is 2. The monoisotopic (exact) mass is 543 g/mol. The van der Waals surface area contributed by atoms with Crippen molar-refractivity contribution in [2.24, 2.45) is 0 Å². The number of carbonyl (C=O) groups is 3. The summed E-state index contributed by atoms with van der Waals surface area (Å²) in [6.45, 7) is 9.87. The normalized spacial score (nSPS) is 15.6. The number of amides is 2. The lowest BCUT2D eigenvalue weighted by atomic mass is 10.1. The fraction of sp³-hybridized carbons (Fsp3) is 0.520. The van der Waals surface area contributed by atoms with E-state index in [4.69, 9.17) is 9.47 Å². The van der Waals surface area contributed by atoms with Gasteiger partial charge in [0.1, 0.15) is 11.3 Å². The smallest absolute Gasteiger partial charge is 0.435 e. The number of ether oxygens (including phenoxy) is 2. The van der Waals surface area contributed by atoms with Crippen LogP contribution >= 0.6 is 0 Å². The first kappa shape index (κ1) is 27.8. The summed E-state index contributed by atoms with van der Waals surface area (Å²) < 4.78 is 11.5. The molecule has 39 heavy (non-hydrogen) atoms. The van der Waals surface area contributed by atoms with Gasteiger partial charge in [0.25, 0.3) is 11.6 Å². The van der Waals surface area contributed by atoms with Crippen LogP contribution in [0.4, 0.5) is 26.8 Å². The van der Waals surface area contributed by atoms with E-state index in [1.165, 1.54) is 17.0 Å². The molecule has 0 atom stereocenters. The minimum Gasteiger partial charge on any atom is -0.448 e. The Kier molecular flexibility index (Phi) is 7.77. The number of benzene rings is 1. The first-order chi connectivity index (χ1) is 18.4. The molecule has 0 unspecified atom stereocenters. The van der Waals surface area contributed by atoms with Gasteiger partial charge >= 0.3 is 12.2 Å². The van der Waals surface area contributed by atoms with Gasteiger partial charge in [0.05, 0.1) is 30.3 Å². The number of hydrogen-bond donors (Lipinski definition) is 1. The number of fused-ring (bicyclic) bond motifs is 1. The molecule has 2 aliphatic rings. The lowest BCUT2D eigenvalue weighted by Crippen LogP contribution is -2.44. The summed E-state index contributed by atoms with van der Waals surface area (Å²) in [4.78, 5) is 55.3. The summed E-state index contributed by atoms with van der Waals surface area (Å²) in [6, 6.07) is 4.33. The minimum atomic E-state index is -0.757. The van der Waals surface area contributed by atoms with Gasteiger partial charge in [-0.05, 0) is 46.9 Å². The topological polar surface area (TPSA) is 152 Å². The molecule has 2 aromatic rings. The predicted molar refractivity (Wildman–Crippen MR) is 141 cm³/mol. The molecule has 2 amide bonds. The molecule has 1 saturated heterocycles. The zero-order valence-electron chi connectivity index (χ0n) is 22.7. The van der Waals surface area contributed by atoms with Crippen molar-refractivity contribution < 1.29 is 28.8 Å². The van der Waals surface area contributed by atoms with E-state index in [2.05, 4.69) is 15.3 Å². The number of nitrogens with zero attached hydrogens (tertiary/aromatic N) is 6. The van der Waals surface area contributed by atoms with Crippen LogP contribution in [0.1, 0.15) is 49.3 Å². The molecule has 1 fully saturated rings. The second kappa shape index (κ2) is 10.9. The van der Waals surface area contributed by atoms with Crippen LogP contribution < -0.4 is 10.2 Å². The number of piperazine rings is 1. The zero-order chi connectivity index (χ0) is 28.5. The lowest BCUT2D eigenvalue weighted by Gasteiger charge is -2.33. The van der Waals surface area contributed by atoms with Crippen molar-refractivity contribution >= 4 is 35.3 Å². The minimum absolute atomic E-state index is 0.0249. The van der Waals surface area contributed by atoms with Crippen LogP contribution in [-0.4, -0.2) is 88.0 Å². The third-order valence-electron chi connectivity index (χ3n) is 6.38. The Morgan fingerprint density at radius 3 is 2.41 bits per heavy atom. The van der Waals surface area contributed by atoms with Crippen LogP contribution in [0.5, 0.6) is 0 Å². The van der Waals surface area contributed by atoms with Gasteiger partial charge in [0, 0.05) is 43.4 Å². The highest BCUT2D eigenvalue weighted by molar-refractivity contribution is 6.05. The molecule has 0 spiro atoms. The molecule has 0 radical (unpaired) electrons. The van der Waals surface area contributed by atoms with Crippen molar-refractivity contribution in [2.75, 3.05) is 50.1 Å². The van der Waals surface area contributed by atoms with E-state index in [0.717, 1.165) is 17.8 Å². The van der Waals surface area contributed by atoms with Crippen molar-refractivity contribution in [3.63, 3.8) is 0 Å². The summed E-state index contributed by atoms with van der Waals surface area (Å²) in [5, 5.41) is 18.8. The van der Waals surface area contributed by atoms with Gasteiger partial charge in [-0.2, -0.15) is 4.68 Å². The highest BCUT2D eigenvalue weighted by Gasteiger charge is 2.36. The number of anilines is 2. The molecular weight excluding hydrogens is 510 g/mol. The molecular formula is C25H33N7O7. The van der Waals surface area contributed by atoms with Crippen molar-refractivity contribution in [2.45, 2.75) is 46.4 Å². The summed E-state index contributed by atoms with van der Waals surface area (Å²) in [5.74, 6) is -0.588. The van der Waals surface area contributed by atoms with E-state index in [1.807, 2.05) is 11.9 Å². The van der Waals surface area contributed by atoms with Gasteiger partial charge in [-0.1, -0.05) is 0 Å². The molecule has 3 heterocycles. The largest absolute Gasteiger partial charge is 0.448 e. The van der Waals surface area contributed by atoms with Gasteiger partial charge < -0.3 is 24.6 Å². The third-order valence-corrected chi connectivity index (χ3v) is 6.38. The average molecular weight is 544 g/mol. The second-order valence-corrected chi connectivity index (χ2v) is 10.4. The number of nitro benzene ring substituents is 1. The SMILES string of the molecule is CCOC(=O)n1nc(NC(=O)c2ccc(N3CCN(C)CC3)c([N+](=O)[O-])c2)c2c1CN(C(=O)OC(C)(C)C)C2. The van der Waals surface area contributed by atoms with Crippen LogP contribution in [-0.2, 0) is 22.6 Å². The van der Waals surface area contributed by atoms with Crippen LogP contribution in [0.3, 0.4) is 0 Å². The quantitative estimate of drug-likeness (QED) is 0.440. The van der Waals surface area contributed by atoms with E-state index < -0.39 is 28.6 Å². The summed E-state index contributed by atoms with van der Waals surface area (Å²) in [6.07, 6.45) is -1.34. The van der Waals surface area contributed by atoms with Crippen LogP contribution in [0.25, 0.3) is 0 Å². The van der Waals surface area contributed by atoms with Crippen molar-refractivity contribution in [3.05, 3.63) is 45.1 Å². The van der Waals surface area contributed by atoms with Gasteiger partial charge in [-0.15, -0.1) is 5.10 Å². The molecule has 1 N–H and O–H groups in total. The van der Waals surface area contributed by atoms with Crippen LogP contribution in [0.2, 0.25) is 0 Å². The van der Waals surface area contributed by atoms with E-state index in [-0.39, 0.29) is 36.8 Å². The number of nitro groups is 1. The van der Waals surface area contributed by atoms with Gasteiger partial charge in [-0.3, -0.25) is 19.8 Å². The summed E-state index contributed by atoms with van der Waals surface area (Å²) >= 11 is 0. The maximum atomic E-state index is 13.2. The fourth-order valence-corrected chi connectivity index (χ4v) is 4.44. The Balaban J connectivity index is 1.60. The Hall–Kier alpha value is -4.20. The highest BCUT2D eigenvalue weighted by Crippen LogP contribution is 2.33. The predicted octanol–water partition coefficient (Wildman–Crippen LogP) is 3.05. The number of hydrogen-bond acceptors (Lipinski definition) is 10. The van der Waals surface area contributed by atoms with Crippen molar-refractivity contribution in [1.29, 1.82) is 0 Å². The molecule has 14 heteroatoms. The number of carbonyl (C=O) groups excluding carboxylic acids is 3. The van der Waals surface area contributed by atoms with Gasteiger partial charge in [-0.25, -0.2) is 9.59 Å². The molecule has 0 saturated carbocycles. The average Bonchev–Trinajstić information content (AvgIpc) is 3.44. The molecule has 4 rings (SSSR count). The molecule has 1 aromatic heterocycles. The molecule has 210 valence electrons.